The van der Waals surface area contributed by atoms with Crippen molar-refractivity contribution < 1.29 is 8.42 Å². The highest BCUT2D eigenvalue weighted by Gasteiger charge is 2.26. The van der Waals surface area contributed by atoms with Gasteiger partial charge in [-0.1, -0.05) is 17.7 Å². The average molecular weight is 333 g/mol. The van der Waals surface area contributed by atoms with Crippen molar-refractivity contribution in [2.75, 3.05) is 0 Å². The van der Waals surface area contributed by atoms with Gasteiger partial charge in [-0.15, -0.1) is 12.4 Å². The molecule has 0 saturated heterocycles. The molecule has 1 fully saturated rings. The minimum atomic E-state index is -3.45. The molecule has 1 saturated carbocycles. The van der Waals surface area contributed by atoms with E-state index in [0.29, 0.717) is 4.90 Å². The van der Waals surface area contributed by atoms with E-state index in [1.807, 2.05) is 32.9 Å². The van der Waals surface area contributed by atoms with Crippen molar-refractivity contribution in [3.8, 4) is 0 Å². The van der Waals surface area contributed by atoms with Gasteiger partial charge in [-0.2, -0.15) is 0 Å². The first-order chi connectivity index (χ1) is 9.29. The second-order valence-corrected chi connectivity index (χ2v) is 7.61. The third kappa shape index (κ3) is 4.42. The molecule has 4 nitrogen and oxygen atoms in total. The average Bonchev–Trinajstić information content (AvgIpc) is 2.30. The summed E-state index contributed by atoms with van der Waals surface area (Å²) < 4.78 is 28.0. The molecule has 0 aromatic heterocycles. The maximum absolute atomic E-state index is 12.6. The van der Waals surface area contributed by atoms with Crippen molar-refractivity contribution in [2.45, 2.75) is 63.4 Å². The van der Waals surface area contributed by atoms with Gasteiger partial charge in [0, 0.05) is 12.1 Å². The van der Waals surface area contributed by atoms with Crippen LogP contribution in [0.5, 0.6) is 0 Å². The van der Waals surface area contributed by atoms with Crippen molar-refractivity contribution in [1.29, 1.82) is 0 Å². The van der Waals surface area contributed by atoms with Gasteiger partial charge in [0.15, 0.2) is 0 Å². The molecule has 2 rings (SSSR count). The molecule has 0 amide bonds. The van der Waals surface area contributed by atoms with Crippen molar-refractivity contribution in [3.63, 3.8) is 0 Å². The minimum absolute atomic E-state index is 0. The fourth-order valence-electron chi connectivity index (χ4n) is 3.11. The summed E-state index contributed by atoms with van der Waals surface area (Å²) in [5.74, 6) is 0. The topological polar surface area (TPSA) is 72.2 Å². The Bertz CT molecular complexity index is 571. The SMILES string of the molecule is Cc1cc(C)c(S(=O)(=O)NC2CCC(N)CC2)c(C)c1.Cl. The van der Waals surface area contributed by atoms with Crippen molar-refractivity contribution >= 4 is 22.4 Å². The molecule has 21 heavy (non-hydrogen) atoms. The van der Waals surface area contributed by atoms with Gasteiger partial charge >= 0.3 is 0 Å². The summed E-state index contributed by atoms with van der Waals surface area (Å²) in [6, 6.07) is 4.06. The summed E-state index contributed by atoms with van der Waals surface area (Å²) in [4.78, 5) is 0.429. The molecule has 0 aliphatic heterocycles. The van der Waals surface area contributed by atoms with Crippen LogP contribution in [-0.4, -0.2) is 20.5 Å². The third-order valence-electron chi connectivity index (χ3n) is 3.97. The molecule has 1 aromatic rings. The third-order valence-corrected chi connectivity index (χ3v) is 5.79. The van der Waals surface area contributed by atoms with Crippen LogP contribution in [0.15, 0.2) is 17.0 Å². The number of sulfonamides is 1. The number of nitrogens with two attached hydrogens (primary N) is 1. The van der Waals surface area contributed by atoms with Gasteiger partial charge < -0.3 is 5.73 Å². The van der Waals surface area contributed by atoms with E-state index in [9.17, 15) is 8.42 Å². The van der Waals surface area contributed by atoms with Crippen LogP contribution in [0.25, 0.3) is 0 Å². The Kier molecular flexibility index (Phi) is 6.23. The van der Waals surface area contributed by atoms with Gasteiger partial charge in [0.05, 0.1) is 4.90 Å². The predicted molar refractivity (Wildman–Crippen MR) is 88.5 cm³/mol. The lowest BCUT2D eigenvalue weighted by atomic mass is 9.93. The monoisotopic (exact) mass is 332 g/mol. The van der Waals surface area contributed by atoms with Crippen LogP contribution in [-0.2, 0) is 10.0 Å². The van der Waals surface area contributed by atoms with Crippen LogP contribution in [0, 0.1) is 20.8 Å². The lowest BCUT2D eigenvalue weighted by molar-refractivity contribution is 0.373. The molecule has 0 spiro atoms. The first-order valence-electron chi connectivity index (χ1n) is 7.15. The summed E-state index contributed by atoms with van der Waals surface area (Å²) in [5, 5.41) is 0. The Morgan fingerprint density at radius 1 is 1.05 bits per heavy atom. The van der Waals surface area contributed by atoms with E-state index in [0.717, 1.165) is 42.4 Å². The largest absolute Gasteiger partial charge is 0.328 e. The highest BCUT2D eigenvalue weighted by molar-refractivity contribution is 7.89. The normalized spacial score (nSPS) is 22.7. The fourth-order valence-corrected chi connectivity index (χ4v) is 4.86. The molecular weight excluding hydrogens is 308 g/mol. The number of hydrogen-bond acceptors (Lipinski definition) is 3. The number of rotatable bonds is 3. The minimum Gasteiger partial charge on any atom is -0.328 e. The van der Waals surface area contributed by atoms with Gasteiger partial charge in [-0.25, -0.2) is 13.1 Å². The molecule has 1 aliphatic carbocycles. The first kappa shape index (κ1) is 18.4. The van der Waals surface area contributed by atoms with E-state index >= 15 is 0 Å². The highest BCUT2D eigenvalue weighted by Crippen LogP contribution is 2.24. The summed E-state index contributed by atoms with van der Waals surface area (Å²) in [7, 11) is -3.45. The van der Waals surface area contributed by atoms with Crippen LogP contribution in [0.1, 0.15) is 42.4 Å². The van der Waals surface area contributed by atoms with Crippen molar-refractivity contribution in [1.82, 2.24) is 4.72 Å². The van der Waals surface area contributed by atoms with Gasteiger partial charge in [-0.3, -0.25) is 0 Å². The van der Waals surface area contributed by atoms with E-state index in [-0.39, 0.29) is 24.5 Å². The van der Waals surface area contributed by atoms with Crippen molar-refractivity contribution in [2.24, 2.45) is 5.73 Å². The van der Waals surface area contributed by atoms with Gasteiger partial charge in [0.2, 0.25) is 10.0 Å². The Morgan fingerprint density at radius 3 is 2.00 bits per heavy atom. The zero-order chi connectivity index (χ0) is 14.9. The lowest BCUT2D eigenvalue weighted by Gasteiger charge is -2.27. The maximum atomic E-state index is 12.6. The van der Waals surface area contributed by atoms with E-state index in [1.54, 1.807) is 0 Å². The number of nitrogens with one attached hydrogen (secondary N) is 1. The smallest absolute Gasteiger partial charge is 0.241 e. The zero-order valence-electron chi connectivity index (χ0n) is 12.8. The van der Waals surface area contributed by atoms with E-state index in [4.69, 9.17) is 5.73 Å². The van der Waals surface area contributed by atoms with Gasteiger partial charge in [-0.05, 0) is 57.6 Å². The summed E-state index contributed by atoms with van der Waals surface area (Å²) in [6.07, 6.45) is 3.42. The van der Waals surface area contributed by atoms with Crippen LogP contribution in [0.3, 0.4) is 0 Å². The van der Waals surface area contributed by atoms with Gasteiger partial charge in [0.25, 0.3) is 0 Å². The Morgan fingerprint density at radius 2 is 1.52 bits per heavy atom. The Labute approximate surface area is 134 Å². The van der Waals surface area contributed by atoms with Gasteiger partial charge in [0.1, 0.15) is 0 Å². The van der Waals surface area contributed by atoms with Crippen LogP contribution >= 0.6 is 12.4 Å². The molecule has 0 bridgehead atoms. The maximum Gasteiger partial charge on any atom is 0.241 e. The second kappa shape index (κ2) is 7.09. The quantitative estimate of drug-likeness (QED) is 0.893. The predicted octanol–water partition coefficient (Wildman–Crippen LogP) is 2.58. The number of hydrogen-bond donors (Lipinski definition) is 2. The van der Waals surface area contributed by atoms with Crippen LogP contribution < -0.4 is 10.5 Å². The van der Waals surface area contributed by atoms with Crippen molar-refractivity contribution in [3.05, 3.63) is 28.8 Å². The fraction of sp³-hybridized carbons (Fsp3) is 0.600. The standard InChI is InChI=1S/C15H24N2O2S.ClH/c1-10-8-11(2)15(12(3)9-10)20(18,19)17-14-6-4-13(16)5-7-14;/h8-9,13-14,17H,4-7,16H2,1-3H3;1H. The molecule has 1 aliphatic rings. The number of benzene rings is 1. The zero-order valence-corrected chi connectivity index (χ0v) is 14.5. The molecule has 3 N–H and O–H groups in total. The molecule has 0 heterocycles. The lowest BCUT2D eigenvalue weighted by Crippen LogP contribution is -2.40. The van der Waals surface area contributed by atoms with Crippen LogP contribution in [0.4, 0.5) is 0 Å². The molecule has 6 heteroatoms. The second-order valence-electron chi connectivity index (χ2n) is 5.96. The Balaban J connectivity index is 0.00000220. The highest BCUT2D eigenvalue weighted by atomic mass is 35.5. The molecular formula is C15H25ClN2O2S. The summed E-state index contributed by atoms with van der Waals surface area (Å²) >= 11 is 0. The molecule has 0 radical (unpaired) electrons. The van der Waals surface area contributed by atoms with Crippen LogP contribution in [0.2, 0.25) is 0 Å². The van der Waals surface area contributed by atoms with E-state index in [2.05, 4.69) is 4.72 Å². The van der Waals surface area contributed by atoms with E-state index in [1.165, 1.54) is 0 Å². The summed E-state index contributed by atoms with van der Waals surface area (Å²) in [6.45, 7) is 5.68. The number of aryl methyl sites for hydroxylation is 3. The van der Waals surface area contributed by atoms with E-state index < -0.39 is 10.0 Å². The summed E-state index contributed by atoms with van der Waals surface area (Å²) in [5.41, 5.74) is 8.56. The molecule has 0 atom stereocenters. The molecule has 120 valence electrons. The Hall–Kier alpha value is -0.620. The molecule has 0 unspecified atom stereocenters. The molecule has 1 aromatic carbocycles. The number of halogens is 1. The first-order valence-corrected chi connectivity index (χ1v) is 8.63.